The molecule has 58 heavy (non-hydrogen) atoms. The molecule has 2 unspecified atom stereocenters. The molecule has 0 fully saturated rings. The molecule has 2 atom stereocenters. The number of aliphatic imine (C=N–C) groups is 2. The largest absolute Gasteiger partial charge is 0.457 e. The summed E-state index contributed by atoms with van der Waals surface area (Å²) in [5.74, 6) is 2.83. The van der Waals surface area contributed by atoms with Crippen molar-refractivity contribution in [2.75, 3.05) is 0 Å². The number of para-hydroxylation sites is 2. The van der Waals surface area contributed by atoms with E-state index in [9.17, 15) is 0 Å². The molecular formula is C54H47N3O. The number of aromatic nitrogens is 1. The second-order valence-electron chi connectivity index (χ2n) is 17.2. The van der Waals surface area contributed by atoms with Crippen molar-refractivity contribution < 1.29 is 4.74 Å². The predicted molar refractivity (Wildman–Crippen MR) is 238 cm³/mol. The van der Waals surface area contributed by atoms with E-state index in [2.05, 4.69) is 192 Å². The van der Waals surface area contributed by atoms with Gasteiger partial charge in [0.1, 0.15) is 11.5 Å². The molecule has 4 nitrogen and oxygen atoms in total. The first-order valence-corrected chi connectivity index (χ1v) is 20.6. The number of fused-ring (bicyclic) bond motifs is 9. The van der Waals surface area contributed by atoms with Crippen LogP contribution in [-0.2, 0) is 10.8 Å². The number of ether oxygens (including phenoxy) is 1. The molecule has 2 aliphatic heterocycles. The van der Waals surface area contributed by atoms with Gasteiger partial charge in [0.15, 0.2) is 5.84 Å². The standard InChI is InChI=1S/C54H47N3O/c1-34-23-31-47(37-26-24-36(25-27-37)40-30-32-50(53(3,4)5)55-35(40)2)56-52(38-15-7-6-8-16-38)57-51(34)39-28-29-42-41-17-9-10-18-43(41)54(46(42)33-39)44-19-11-13-21-48(44)58-49-22-14-12-20-45(49)54/h6-22,24-30,32-34,51H,23,31H2,1-5H3. The van der Waals surface area contributed by atoms with E-state index in [0.717, 1.165) is 69.5 Å². The lowest BCUT2D eigenvalue weighted by Gasteiger charge is -2.39. The summed E-state index contributed by atoms with van der Waals surface area (Å²) >= 11 is 0. The molecule has 1 aromatic heterocycles. The first kappa shape index (κ1) is 36.0. The molecular weight excluding hydrogens is 707 g/mol. The van der Waals surface area contributed by atoms with E-state index < -0.39 is 5.41 Å². The number of aryl methyl sites for hydroxylation is 1. The van der Waals surface area contributed by atoms with Crippen molar-refractivity contribution in [3.8, 4) is 33.8 Å². The van der Waals surface area contributed by atoms with Gasteiger partial charge in [-0.3, -0.25) is 9.98 Å². The number of pyridine rings is 1. The maximum atomic E-state index is 6.61. The molecule has 284 valence electrons. The van der Waals surface area contributed by atoms with Gasteiger partial charge in [-0.2, -0.15) is 0 Å². The molecule has 10 rings (SSSR count). The highest BCUT2D eigenvalue weighted by molar-refractivity contribution is 6.12. The molecule has 0 saturated carbocycles. The van der Waals surface area contributed by atoms with E-state index in [1.807, 2.05) is 0 Å². The van der Waals surface area contributed by atoms with Crippen LogP contribution in [0.3, 0.4) is 0 Å². The minimum atomic E-state index is -0.523. The summed E-state index contributed by atoms with van der Waals surface area (Å²) in [4.78, 5) is 16.0. The van der Waals surface area contributed by atoms with Gasteiger partial charge in [0, 0.05) is 39.1 Å². The molecule has 3 heterocycles. The third-order valence-electron chi connectivity index (χ3n) is 12.5. The van der Waals surface area contributed by atoms with Crippen LogP contribution in [0, 0.1) is 12.8 Å². The lowest BCUT2D eigenvalue weighted by Crippen LogP contribution is -2.32. The van der Waals surface area contributed by atoms with Crippen LogP contribution in [0.2, 0.25) is 0 Å². The van der Waals surface area contributed by atoms with Gasteiger partial charge in [-0.15, -0.1) is 0 Å². The summed E-state index contributed by atoms with van der Waals surface area (Å²) in [6.45, 7) is 11.1. The summed E-state index contributed by atoms with van der Waals surface area (Å²) in [5.41, 5.74) is 15.8. The first-order chi connectivity index (χ1) is 28.2. The maximum absolute atomic E-state index is 6.61. The SMILES string of the molecule is Cc1nc(C(C)(C)C)ccc1-c1ccc(C2=NC(c3ccccc3)=NC(c3ccc4c(c3)C3(c5ccccc5Oc5ccccc53)c3ccccc3-4)C(C)CC2)cc1. The summed E-state index contributed by atoms with van der Waals surface area (Å²) in [6.07, 6.45) is 1.80. The second-order valence-corrected chi connectivity index (χ2v) is 17.2. The van der Waals surface area contributed by atoms with Gasteiger partial charge in [-0.1, -0.05) is 167 Å². The minimum absolute atomic E-state index is 0.00942. The Bertz CT molecular complexity index is 2730. The molecule has 0 N–H and O–H groups in total. The number of amidine groups is 1. The van der Waals surface area contributed by atoms with Crippen LogP contribution < -0.4 is 4.74 Å². The zero-order chi connectivity index (χ0) is 39.6. The van der Waals surface area contributed by atoms with Crippen LogP contribution in [0.25, 0.3) is 22.3 Å². The highest BCUT2D eigenvalue weighted by atomic mass is 16.5. The fraction of sp³-hybridized carbons (Fsp3) is 0.204. The molecule has 0 amide bonds. The van der Waals surface area contributed by atoms with Crippen molar-refractivity contribution in [3.63, 3.8) is 0 Å². The summed E-state index contributed by atoms with van der Waals surface area (Å²) in [5, 5.41) is 0. The van der Waals surface area contributed by atoms with Crippen LogP contribution in [0.1, 0.15) is 96.9 Å². The van der Waals surface area contributed by atoms with Crippen molar-refractivity contribution in [3.05, 3.63) is 208 Å². The lowest BCUT2D eigenvalue weighted by atomic mass is 9.66. The van der Waals surface area contributed by atoms with Crippen molar-refractivity contribution in [1.82, 2.24) is 4.98 Å². The van der Waals surface area contributed by atoms with Crippen LogP contribution in [-0.4, -0.2) is 16.5 Å². The smallest absolute Gasteiger partial charge is 0.155 e. The van der Waals surface area contributed by atoms with E-state index in [0.29, 0.717) is 0 Å². The Morgan fingerprint density at radius 2 is 1.19 bits per heavy atom. The Morgan fingerprint density at radius 1 is 0.586 bits per heavy atom. The van der Waals surface area contributed by atoms with Crippen molar-refractivity contribution in [1.29, 1.82) is 0 Å². The van der Waals surface area contributed by atoms with Crippen LogP contribution >= 0.6 is 0 Å². The van der Waals surface area contributed by atoms with Gasteiger partial charge in [-0.25, -0.2) is 4.99 Å². The Balaban J connectivity index is 1.09. The van der Waals surface area contributed by atoms with E-state index in [-0.39, 0.29) is 17.4 Å². The van der Waals surface area contributed by atoms with Gasteiger partial charge in [0.2, 0.25) is 0 Å². The normalized spacial score (nSPS) is 17.7. The summed E-state index contributed by atoms with van der Waals surface area (Å²) in [6, 6.07) is 56.8. The topological polar surface area (TPSA) is 46.8 Å². The van der Waals surface area contributed by atoms with Crippen molar-refractivity contribution >= 4 is 11.5 Å². The average Bonchev–Trinajstić information content (AvgIpc) is 3.52. The number of hydrogen-bond donors (Lipinski definition) is 0. The number of hydrogen-bond acceptors (Lipinski definition) is 4. The number of nitrogens with zero attached hydrogens (tertiary/aromatic N) is 3. The van der Waals surface area contributed by atoms with Gasteiger partial charge < -0.3 is 4.74 Å². The van der Waals surface area contributed by atoms with Crippen LogP contribution in [0.5, 0.6) is 11.5 Å². The quantitative estimate of drug-likeness (QED) is 0.180. The predicted octanol–water partition coefficient (Wildman–Crippen LogP) is 13.2. The highest BCUT2D eigenvalue weighted by Crippen LogP contribution is 2.62. The molecule has 4 heteroatoms. The van der Waals surface area contributed by atoms with Gasteiger partial charge in [0.05, 0.1) is 17.2 Å². The summed E-state index contributed by atoms with van der Waals surface area (Å²) in [7, 11) is 0. The van der Waals surface area contributed by atoms with Crippen LogP contribution in [0.15, 0.2) is 168 Å². The molecule has 7 aromatic rings. The molecule has 1 aliphatic carbocycles. The third kappa shape index (κ3) is 5.85. The fourth-order valence-electron chi connectivity index (χ4n) is 9.51. The second kappa shape index (κ2) is 13.9. The molecule has 1 spiro atoms. The monoisotopic (exact) mass is 753 g/mol. The molecule has 0 radical (unpaired) electrons. The summed E-state index contributed by atoms with van der Waals surface area (Å²) < 4.78 is 6.61. The van der Waals surface area contributed by atoms with Crippen molar-refractivity contribution in [2.24, 2.45) is 15.9 Å². The average molecular weight is 754 g/mol. The van der Waals surface area contributed by atoms with Gasteiger partial charge >= 0.3 is 0 Å². The molecule has 6 aromatic carbocycles. The van der Waals surface area contributed by atoms with E-state index >= 15 is 0 Å². The highest BCUT2D eigenvalue weighted by Gasteiger charge is 2.51. The minimum Gasteiger partial charge on any atom is -0.457 e. The molecule has 0 bridgehead atoms. The van der Waals surface area contributed by atoms with E-state index in [1.54, 1.807) is 0 Å². The first-order valence-electron chi connectivity index (χ1n) is 20.6. The zero-order valence-electron chi connectivity index (χ0n) is 33.8. The van der Waals surface area contributed by atoms with Crippen molar-refractivity contribution in [2.45, 2.75) is 64.3 Å². The number of benzene rings is 6. The Morgan fingerprint density at radius 3 is 1.88 bits per heavy atom. The van der Waals surface area contributed by atoms with Gasteiger partial charge in [-0.05, 0) is 82.8 Å². The van der Waals surface area contributed by atoms with Crippen LogP contribution in [0.4, 0.5) is 0 Å². The van der Waals surface area contributed by atoms with E-state index in [1.165, 1.54) is 38.9 Å². The molecule has 3 aliphatic rings. The van der Waals surface area contributed by atoms with Gasteiger partial charge in [0.25, 0.3) is 0 Å². The number of rotatable bonds is 4. The maximum Gasteiger partial charge on any atom is 0.155 e. The Labute approximate surface area is 342 Å². The zero-order valence-corrected chi connectivity index (χ0v) is 33.8. The molecule has 0 saturated heterocycles. The Hall–Kier alpha value is -6.39. The van der Waals surface area contributed by atoms with E-state index in [4.69, 9.17) is 19.7 Å². The Kier molecular flexibility index (Phi) is 8.63. The fourth-order valence-corrected chi connectivity index (χ4v) is 9.51. The third-order valence-corrected chi connectivity index (χ3v) is 12.5. The lowest BCUT2D eigenvalue weighted by molar-refractivity contribution is 0.434.